The van der Waals surface area contributed by atoms with Crippen LogP contribution in [0.1, 0.15) is 0 Å². The number of imidazole rings is 2. The average molecular weight is 822 g/mol. The van der Waals surface area contributed by atoms with Gasteiger partial charge >= 0.3 is 0 Å². The monoisotopic (exact) mass is 822 g/mol. The number of para-hydroxylation sites is 2. The number of nitrogens with zero attached hydrogens (tertiary/aromatic N) is 8. The van der Waals surface area contributed by atoms with Crippen LogP contribution in [0.3, 0.4) is 0 Å². The van der Waals surface area contributed by atoms with Crippen LogP contribution in [-0.4, -0.2) is 52.9 Å². The molecular weight excluding hydrogens is 789 g/mol. The van der Waals surface area contributed by atoms with Gasteiger partial charge in [0.25, 0.3) is 0 Å². The fourth-order valence-corrected chi connectivity index (χ4v) is 4.51. The molecule has 0 unspecified atom stereocenters. The van der Waals surface area contributed by atoms with Crippen molar-refractivity contribution in [2.45, 2.75) is 0 Å². The third kappa shape index (κ3) is 8.24. The molecule has 0 saturated carbocycles. The summed E-state index contributed by atoms with van der Waals surface area (Å²) in [7, 11) is 10.4. The molecule has 249 valence electrons. The topological polar surface area (TPSA) is 107 Å². The van der Waals surface area contributed by atoms with E-state index in [1.165, 1.54) is 0 Å². The van der Waals surface area contributed by atoms with Gasteiger partial charge in [0.15, 0.2) is 0 Å². The first kappa shape index (κ1) is 35.3. The molecule has 0 amide bonds. The van der Waals surface area contributed by atoms with Gasteiger partial charge in [0.2, 0.25) is 12.7 Å². The van der Waals surface area contributed by atoms with Gasteiger partial charge < -0.3 is 47.4 Å². The molecule has 48 heavy (non-hydrogen) atoms. The van der Waals surface area contributed by atoms with Gasteiger partial charge in [0, 0.05) is 61.7 Å². The Balaban J connectivity index is 0.000000167. The maximum absolute atomic E-state index is 5.44. The van der Waals surface area contributed by atoms with E-state index in [4.69, 9.17) is 18.9 Å². The van der Waals surface area contributed by atoms with Crippen molar-refractivity contribution in [3.8, 4) is 45.8 Å². The molecule has 4 aromatic heterocycles. The molecule has 13 heteroatoms. The molecule has 0 N–H and O–H groups in total. The Kier molecular flexibility index (Phi) is 12.4. The van der Waals surface area contributed by atoms with Crippen LogP contribution >= 0.6 is 0 Å². The van der Waals surface area contributed by atoms with Crippen LogP contribution in [-0.2, 0) is 34.2 Å². The summed E-state index contributed by atoms with van der Waals surface area (Å²) in [5.41, 5.74) is 5.28. The summed E-state index contributed by atoms with van der Waals surface area (Å²) in [6, 6.07) is 27.3. The van der Waals surface area contributed by atoms with Gasteiger partial charge in [-0.25, -0.2) is 0 Å². The maximum Gasteiger partial charge on any atom is 0.242 e. The van der Waals surface area contributed by atoms with E-state index in [2.05, 4.69) is 51.2 Å². The van der Waals surface area contributed by atoms with Gasteiger partial charge in [0.05, 0.1) is 59.3 Å². The summed E-state index contributed by atoms with van der Waals surface area (Å²) in [5.74, 6) is 2.83. The van der Waals surface area contributed by atoms with Crippen LogP contribution in [0.25, 0.3) is 33.8 Å². The van der Waals surface area contributed by atoms with Crippen LogP contribution < -0.4 is 33.2 Å². The van der Waals surface area contributed by atoms with E-state index in [0.717, 1.165) is 33.9 Å². The number of benzene rings is 3. The molecular formula is C35H33IrN8O4-3. The van der Waals surface area contributed by atoms with Crippen molar-refractivity contribution in [1.82, 2.24) is 29.5 Å². The van der Waals surface area contributed by atoms with Crippen LogP contribution in [0.4, 0.5) is 0 Å². The molecule has 0 aliphatic heterocycles. The Hall–Kier alpha value is -5.52. The summed E-state index contributed by atoms with van der Waals surface area (Å²) in [6.45, 7) is 0. The Morgan fingerprint density at radius 1 is 0.792 bits per heavy atom. The standard InChI is InChI=1S/C16H15N2O2.C12H13N2O2.C7H5N4.Ir/c1-17-11-18(14-7-5-4-6-13(14)17)15-9-8-12(19-2)10-16(15)20-3;1-13-6-7-14(9-13)11-5-4-10(15-2)8-12(11)16-3;1-2-4-8-6(3-1)7-5-9-11-10-7;/h4-8,10H,1-3H3;4,6-8H,1-3H3;1-5H;/q3*-1;. The van der Waals surface area contributed by atoms with E-state index in [-0.39, 0.29) is 20.1 Å². The van der Waals surface area contributed by atoms with Gasteiger partial charge in [0.1, 0.15) is 0 Å². The first-order valence-electron chi connectivity index (χ1n) is 14.3. The zero-order valence-corrected chi connectivity index (χ0v) is 29.6. The number of methoxy groups -OCH3 is 4. The summed E-state index contributed by atoms with van der Waals surface area (Å²) < 4.78 is 28.6. The Morgan fingerprint density at radius 2 is 1.46 bits per heavy atom. The van der Waals surface area contributed by atoms with E-state index in [0.29, 0.717) is 22.9 Å². The predicted octanol–water partition coefficient (Wildman–Crippen LogP) is 3.49. The molecule has 7 aromatic rings. The smallest absolute Gasteiger partial charge is 0.242 e. The van der Waals surface area contributed by atoms with Crippen molar-refractivity contribution in [2.75, 3.05) is 28.4 Å². The first-order chi connectivity index (χ1) is 22.9. The van der Waals surface area contributed by atoms with Crippen molar-refractivity contribution < 1.29 is 48.2 Å². The quantitative estimate of drug-likeness (QED) is 0.178. The zero-order chi connectivity index (χ0) is 33.2. The third-order valence-electron chi connectivity index (χ3n) is 6.84. The Morgan fingerprint density at radius 3 is 2.04 bits per heavy atom. The summed E-state index contributed by atoms with van der Waals surface area (Å²) >= 11 is 0. The Labute approximate surface area is 292 Å². The summed E-state index contributed by atoms with van der Waals surface area (Å²) in [5, 5.41) is 10.8. The fraction of sp³-hybridized carbons (Fsp3) is 0.171. The molecule has 0 spiro atoms. The van der Waals surface area contributed by atoms with Crippen LogP contribution in [0.5, 0.6) is 23.0 Å². The number of ether oxygens (including phenoxy) is 4. The van der Waals surface area contributed by atoms with Crippen molar-refractivity contribution >= 4 is 11.0 Å². The van der Waals surface area contributed by atoms with E-state index in [1.54, 1.807) is 53.0 Å². The van der Waals surface area contributed by atoms with Crippen LogP contribution in [0, 0.1) is 24.8 Å². The van der Waals surface area contributed by atoms with Gasteiger partial charge in [-0.3, -0.25) is 10.2 Å². The number of fused-ring (bicyclic) bond motifs is 1. The summed E-state index contributed by atoms with van der Waals surface area (Å²) in [6.07, 6.45) is 13.4. The molecule has 0 bridgehead atoms. The average Bonchev–Trinajstić information content (AvgIpc) is 3.90. The molecule has 0 aliphatic rings. The van der Waals surface area contributed by atoms with Gasteiger partial charge in [-0.2, -0.15) is 12.1 Å². The van der Waals surface area contributed by atoms with E-state index in [1.807, 2.05) is 93.3 Å². The molecule has 12 nitrogen and oxygen atoms in total. The molecule has 1 radical (unpaired) electrons. The number of aromatic nitrogens is 8. The molecule has 0 saturated heterocycles. The van der Waals surface area contributed by atoms with Gasteiger partial charge in [-0.1, -0.05) is 48.7 Å². The third-order valence-corrected chi connectivity index (χ3v) is 6.84. The van der Waals surface area contributed by atoms with Crippen molar-refractivity contribution in [3.63, 3.8) is 0 Å². The molecule has 4 heterocycles. The minimum Gasteiger partial charge on any atom is -0.560 e. The predicted molar refractivity (Wildman–Crippen MR) is 172 cm³/mol. The fourth-order valence-electron chi connectivity index (χ4n) is 4.51. The van der Waals surface area contributed by atoms with Crippen molar-refractivity contribution in [2.24, 2.45) is 14.1 Å². The van der Waals surface area contributed by atoms with Crippen LogP contribution in [0.15, 0.2) is 91.5 Å². The largest absolute Gasteiger partial charge is 0.560 e. The number of hydrogen-bond donors (Lipinski definition) is 0. The summed E-state index contributed by atoms with van der Waals surface area (Å²) in [4.78, 5) is 4.08. The maximum atomic E-state index is 5.44. The van der Waals surface area contributed by atoms with E-state index >= 15 is 0 Å². The van der Waals surface area contributed by atoms with Crippen LogP contribution in [0.2, 0.25) is 0 Å². The molecule has 7 rings (SSSR count). The number of rotatable bonds is 7. The van der Waals surface area contributed by atoms with Gasteiger partial charge in [-0.05, 0) is 29.2 Å². The van der Waals surface area contributed by atoms with Crippen molar-refractivity contribution in [3.05, 3.63) is 116 Å². The second-order valence-electron chi connectivity index (χ2n) is 9.81. The van der Waals surface area contributed by atoms with E-state index in [9.17, 15) is 0 Å². The molecule has 0 atom stereocenters. The van der Waals surface area contributed by atoms with Crippen molar-refractivity contribution in [1.29, 1.82) is 0 Å². The number of pyridine rings is 1. The van der Waals surface area contributed by atoms with E-state index < -0.39 is 0 Å². The van der Waals surface area contributed by atoms with Gasteiger partial charge in [-0.15, -0.1) is 12.1 Å². The second kappa shape index (κ2) is 16.9. The molecule has 0 aliphatic carbocycles. The number of hydrogen-bond acceptors (Lipinski definition) is 7. The molecule has 0 fully saturated rings. The minimum atomic E-state index is 0. The normalized spacial score (nSPS) is 10.1. The second-order valence-corrected chi connectivity index (χ2v) is 9.81. The zero-order valence-electron chi connectivity index (χ0n) is 27.2. The number of aryl methyl sites for hydroxylation is 2. The Bertz CT molecular complexity index is 2030. The SMILES string of the molecule is COc1c[c-]c(-n2[c-][n+](C)c3ccccc32)c(OC)c1.COc1c[c-]c(-n2[c-][n+](C)cc2)c(OC)c1.[Ir].c1ccc(-c2cnn[n-]2)nc1. The molecule has 3 aromatic carbocycles. The first-order valence-corrected chi connectivity index (χ1v) is 14.3. The minimum absolute atomic E-state index is 0.